The molecule has 0 aliphatic carbocycles. The van der Waals surface area contributed by atoms with Gasteiger partial charge in [0.05, 0.1) is 0 Å². The maximum atomic E-state index is 2.34. The SMILES string of the molecule is CC(C)C/C=C(/c1ccccc1)N(C)c1ccccc1. The fourth-order valence-electron chi connectivity index (χ4n) is 2.20. The van der Waals surface area contributed by atoms with Gasteiger partial charge in [-0.25, -0.2) is 0 Å². The molecule has 20 heavy (non-hydrogen) atoms. The molecular weight excluding hydrogens is 242 g/mol. The van der Waals surface area contributed by atoms with E-state index >= 15 is 0 Å². The Labute approximate surface area is 122 Å². The first-order chi connectivity index (χ1) is 9.68. The lowest BCUT2D eigenvalue weighted by Crippen LogP contribution is -2.15. The van der Waals surface area contributed by atoms with Crippen LogP contribution in [0.1, 0.15) is 25.8 Å². The highest BCUT2D eigenvalue weighted by atomic mass is 15.1. The molecule has 0 heterocycles. The minimum atomic E-state index is 0.665. The van der Waals surface area contributed by atoms with Gasteiger partial charge in [-0.05, 0) is 30.0 Å². The molecule has 0 aliphatic heterocycles. The highest BCUT2D eigenvalue weighted by molar-refractivity contribution is 5.78. The first-order valence-corrected chi connectivity index (χ1v) is 7.23. The van der Waals surface area contributed by atoms with E-state index in [-0.39, 0.29) is 0 Å². The fourth-order valence-corrected chi connectivity index (χ4v) is 2.20. The van der Waals surface area contributed by atoms with Crippen LogP contribution in [0.3, 0.4) is 0 Å². The minimum absolute atomic E-state index is 0.665. The van der Waals surface area contributed by atoms with Crippen LogP contribution in [-0.2, 0) is 0 Å². The Hall–Kier alpha value is -2.02. The molecule has 0 saturated carbocycles. The monoisotopic (exact) mass is 265 g/mol. The third kappa shape index (κ3) is 3.74. The number of hydrogen-bond donors (Lipinski definition) is 0. The van der Waals surface area contributed by atoms with Crippen LogP contribution in [0.5, 0.6) is 0 Å². The molecule has 2 rings (SSSR count). The molecule has 104 valence electrons. The van der Waals surface area contributed by atoms with Crippen molar-refractivity contribution in [2.75, 3.05) is 11.9 Å². The van der Waals surface area contributed by atoms with Crippen molar-refractivity contribution in [3.8, 4) is 0 Å². The lowest BCUT2D eigenvalue weighted by Gasteiger charge is -2.24. The molecule has 0 spiro atoms. The van der Waals surface area contributed by atoms with Gasteiger partial charge >= 0.3 is 0 Å². The lowest BCUT2D eigenvalue weighted by molar-refractivity contribution is 0.664. The topological polar surface area (TPSA) is 3.24 Å². The predicted molar refractivity (Wildman–Crippen MR) is 88.7 cm³/mol. The van der Waals surface area contributed by atoms with Crippen molar-refractivity contribution in [2.24, 2.45) is 5.92 Å². The summed E-state index contributed by atoms with van der Waals surface area (Å²) in [5, 5.41) is 0. The maximum Gasteiger partial charge on any atom is 0.0441 e. The van der Waals surface area contributed by atoms with E-state index in [2.05, 4.69) is 92.5 Å². The Balaban J connectivity index is 2.34. The van der Waals surface area contributed by atoms with Crippen LogP contribution >= 0.6 is 0 Å². The van der Waals surface area contributed by atoms with Crippen molar-refractivity contribution in [1.29, 1.82) is 0 Å². The predicted octanol–water partition coefficient (Wildman–Crippen LogP) is 5.21. The first kappa shape index (κ1) is 14.4. The van der Waals surface area contributed by atoms with Crippen LogP contribution in [0.25, 0.3) is 5.70 Å². The van der Waals surface area contributed by atoms with E-state index in [1.54, 1.807) is 0 Å². The zero-order chi connectivity index (χ0) is 14.4. The standard InChI is InChI=1S/C19H23N/c1-16(2)14-15-19(17-10-6-4-7-11-17)20(3)18-12-8-5-9-13-18/h4-13,15-16H,14H2,1-3H3/b19-15-. The van der Waals surface area contributed by atoms with Crippen molar-refractivity contribution in [1.82, 2.24) is 0 Å². The van der Waals surface area contributed by atoms with Gasteiger partial charge in [-0.1, -0.05) is 68.5 Å². The van der Waals surface area contributed by atoms with E-state index in [4.69, 9.17) is 0 Å². The number of para-hydroxylation sites is 1. The number of allylic oxidation sites excluding steroid dienone is 1. The molecule has 0 aliphatic rings. The van der Waals surface area contributed by atoms with Gasteiger partial charge < -0.3 is 4.90 Å². The molecule has 0 unspecified atom stereocenters. The summed E-state index contributed by atoms with van der Waals surface area (Å²) in [4.78, 5) is 2.26. The van der Waals surface area contributed by atoms with Gasteiger partial charge in [0.1, 0.15) is 0 Å². The zero-order valence-corrected chi connectivity index (χ0v) is 12.6. The molecule has 0 saturated heterocycles. The maximum absolute atomic E-state index is 2.34. The Morgan fingerprint density at radius 3 is 2.05 bits per heavy atom. The molecule has 2 aromatic rings. The smallest absolute Gasteiger partial charge is 0.0441 e. The Morgan fingerprint density at radius 2 is 1.50 bits per heavy atom. The Kier molecular flexibility index (Phi) is 5.00. The van der Waals surface area contributed by atoms with E-state index in [0.717, 1.165) is 6.42 Å². The molecule has 0 aromatic heterocycles. The summed E-state index contributed by atoms with van der Waals surface area (Å²) in [6.07, 6.45) is 3.43. The average Bonchev–Trinajstić information content (AvgIpc) is 2.49. The summed E-state index contributed by atoms with van der Waals surface area (Å²) >= 11 is 0. The quantitative estimate of drug-likeness (QED) is 0.717. The van der Waals surface area contributed by atoms with Crippen molar-refractivity contribution in [3.05, 3.63) is 72.3 Å². The molecule has 0 atom stereocenters. The second kappa shape index (κ2) is 6.95. The van der Waals surface area contributed by atoms with Gasteiger partial charge in [0.2, 0.25) is 0 Å². The number of benzene rings is 2. The summed E-state index contributed by atoms with van der Waals surface area (Å²) in [5.74, 6) is 0.665. The van der Waals surface area contributed by atoms with E-state index in [1.165, 1.54) is 16.9 Å². The molecule has 1 nitrogen and oxygen atoms in total. The molecule has 1 heteroatoms. The van der Waals surface area contributed by atoms with Gasteiger partial charge in [-0.3, -0.25) is 0 Å². The minimum Gasteiger partial charge on any atom is -0.344 e. The van der Waals surface area contributed by atoms with E-state index in [1.807, 2.05) is 0 Å². The average molecular weight is 265 g/mol. The molecule has 0 amide bonds. The highest BCUT2D eigenvalue weighted by Gasteiger charge is 2.09. The first-order valence-electron chi connectivity index (χ1n) is 7.23. The van der Waals surface area contributed by atoms with Gasteiger partial charge in [-0.15, -0.1) is 0 Å². The lowest BCUT2D eigenvalue weighted by atomic mass is 10.1. The van der Waals surface area contributed by atoms with Crippen molar-refractivity contribution >= 4 is 11.4 Å². The molecule has 0 bridgehead atoms. The van der Waals surface area contributed by atoms with Crippen LogP contribution in [-0.4, -0.2) is 7.05 Å². The summed E-state index contributed by atoms with van der Waals surface area (Å²) in [6.45, 7) is 4.50. The van der Waals surface area contributed by atoms with Gasteiger partial charge in [0.25, 0.3) is 0 Å². The molecular formula is C19H23N. The van der Waals surface area contributed by atoms with Crippen LogP contribution in [0.2, 0.25) is 0 Å². The molecule has 0 N–H and O–H groups in total. The van der Waals surface area contributed by atoms with E-state index < -0.39 is 0 Å². The molecule has 0 radical (unpaired) electrons. The highest BCUT2D eigenvalue weighted by Crippen LogP contribution is 2.25. The number of rotatable bonds is 5. The summed E-state index contributed by atoms with van der Waals surface area (Å²) in [6, 6.07) is 21.1. The number of anilines is 1. The second-order valence-electron chi connectivity index (χ2n) is 5.48. The van der Waals surface area contributed by atoms with Crippen molar-refractivity contribution in [3.63, 3.8) is 0 Å². The van der Waals surface area contributed by atoms with Gasteiger partial charge in [0, 0.05) is 18.4 Å². The van der Waals surface area contributed by atoms with Crippen LogP contribution in [0.4, 0.5) is 5.69 Å². The van der Waals surface area contributed by atoms with Crippen molar-refractivity contribution in [2.45, 2.75) is 20.3 Å². The fraction of sp³-hybridized carbons (Fsp3) is 0.263. The zero-order valence-electron chi connectivity index (χ0n) is 12.6. The third-order valence-corrected chi connectivity index (χ3v) is 3.36. The largest absolute Gasteiger partial charge is 0.344 e. The third-order valence-electron chi connectivity index (χ3n) is 3.36. The second-order valence-corrected chi connectivity index (χ2v) is 5.48. The van der Waals surface area contributed by atoms with E-state index in [0.29, 0.717) is 5.92 Å². The summed E-state index contributed by atoms with van der Waals surface area (Å²) < 4.78 is 0. The molecule has 0 fully saturated rings. The van der Waals surface area contributed by atoms with Crippen LogP contribution in [0, 0.1) is 5.92 Å². The van der Waals surface area contributed by atoms with Crippen molar-refractivity contribution < 1.29 is 0 Å². The van der Waals surface area contributed by atoms with Gasteiger partial charge in [-0.2, -0.15) is 0 Å². The van der Waals surface area contributed by atoms with Gasteiger partial charge in [0.15, 0.2) is 0 Å². The molecule has 2 aromatic carbocycles. The van der Waals surface area contributed by atoms with Crippen LogP contribution in [0.15, 0.2) is 66.7 Å². The Morgan fingerprint density at radius 1 is 0.950 bits per heavy atom. The Bertz CT molecular complexity index is 540. The normalized spacial score (nSPS) is 11.7. The summed E-state index contributed by atoms with van der Waals surface area (Å²) in [7, 11) is 2.13. The van der Waals surface area contributed by atoms with Crippen LogP contribution < -0.4 is 4.90 Å². The number of nitrogens with zero attached hydrogens (tertiary/aromatic N) is 1. The number of hydrogen-bond acceptors (Lipinski definition) is 1. The van der Waals surface area contributed by atoms with E-state index in [9.17, 15) is 0 Å². The summed E-state index contributed by atoms with van der Waals surface area (Å²) in [5.41, 5.74) is 3.75.